The van der Waals surface area contributed by atoms with Crippen LogP contribution >= 0.6 is 0 Å². The van der Waals surface area contributed by atoms with E-state index in [2.05, 4.69) is 15.3 Å². The van der Waals surface area contributed by atoms with Crippen LogP contribution in [0, 0.1) is 23.7 Å². The van der Waals surface area contributed by atoms with Gasteiger partial charge in [-0.15, -0.1) is 0 Å². The Bertz CT molecular complexity index is 1820. The van der Waals surface area contributed by atoms with E-state index < -0.39 is 59.9 Å². The van der Waals surface area contributed by atoms with Crippen molar-refractivity contribution in [1.82, 2.24) is 20.2 Å². The number of cyclic esters (lactones) is 1. The number of ketones is 2. The third-order valence-electron chi connectivity index (χ3n) is 10.7. The highest BCUT2D eigenvalue weighted by Gasteiger charge is 2.31. The van der Waals surface area contributed by atoms with E-state index in [9.17, 15) is 33.9 Å². The molecule has 2 N–H and O–H groups in total. The summed E-state index contributed by atoms with van der Waals surface area (Å²) in [5, 5.41) is 13.0. The number of carbonyl (C=O) groups excluding carboxylic acids is 6. The first-order chi connectivity index (χ1) is 28.6. The molecule has 3 amide bonds. The summed E-state index contributed by atoms with van der Waals surface area (Å²) >= 11 is 0. The molecule has 60 heavy (non-hydrogen) atoms. The number of hydrogen-bond acceptors (Lipinski definition) is 15. The molecule has 9 atom stereocenters. The Balaban J connectivity index is 1.76. The maximum atomic E-state index is 13.3. The largest absolute Gasteiger partial charge is 0.462 e. The Morgan fingerprint density at radius 3 is 2.42 bits per heavy atom. The standard InChI is InChI=1S/C43H60N4O13/c1-26-13-9-10-17-38(52)46-41(54)43-45-32(24-59-43)42-44-31(23-58-42)40(57-8)29(4)33(50)15-11-14-30(49)21-39(53)60-37(26)22-36(56-7)27(2)18-19-34(51)28(3)35(55-6)16-12-20-47(5)25-48/h10-12,15,17,20,23-30,35-37,40,49H,9,13-14,16,18-19,21-22H2,1-8H3,(H,46,52,54)/b15-11+,17-10+,20-12+. The van der Waals surface area contributed by atoms with Crippen LogP contribution < -0.4 is 5.32 Å². The number of nitrogens with one attached hydrogen (secondary N) is 1. The first kappa shape index (κ1) is 49.3. The maximum absolute atomic E-state index is 13.3. The molecule has 17 heteroatoms. The fourth-order valence-corrected chi connectivity index (χ4v) is 6.75. The molecule has 2 aromatic heterocycles. The predicted molar refractivity (Wildman–Crippen MR) is 217 cm³/mol. The molecule has 9 unspecified atom stereocenters. The van der Waals surface area contributed by atoms with Gasteiger partial charge in [0.05, 0.1) is 30.7 Å². The zero-order valence-electron chi connectivity index (χ0n) is 35.7. The lowest BCUT2D eigenvalue weighted by Gasteiger charge is -2.31. The van der Waals surface area contributed by atoms with Crippen molar-refractivity contribution in [2.45, 2.75) is 110 Å². The molecule has 0 fully saturated rings. The number of rotatable bonds is 15. The van der Waals surface area contributed by atoms with Crippen molar-refractivity contribution in [3.63, 3.8) is 0 Å². The molecular weight excluding hydrogens is 780 g/mol. The third-order valence-corrected chi connectivity index (χ3v) is 10.7. The number of Topliss-reactive ketones (excluding diaryl/α,β-unsaturated/α-hetero) is 1. The fourth-order valence-electron chi connectivity index (χ4n) is 6.75. The summed E-state index contributed by atoms with van der Waals surface area (Å²) in [5.74, 6) is -4.45. The van der Waals surface area contributed by atoms with Crippen molar-refractivity contribution in [3.8, 4) is 11.6 Å². The summed E-state index contributed by atoms with van der Waals surface area (Å²) < 4.78 is 33.8. The second kappa shape index (κ2) is 24.9. The van der Waals surface area contributed by atoms with Gasteiger partial charge in [0.15, 0.2) is 11.5 Å². The lowest BCUT2D eigenvalue weighted by atomic mass is 9.86. The zero-order chi connectivity index (χ0) is 44.4. The monoisotopic (exact) mass is 840 g/mol. The van der Waals surface area contributed by atoms with Gasteiger partial charge in [-0.05, 0) is 56.1 Å². The second-order valence-corrected chi connectivity index (χ2v) is 15.2. The van der Waals surface area contributed by atoms with Crippen molar-refractivity contribution in [2.24, 2.45) is 23.7 Å². The van der Waals surface area contributed by atoms with Crippen LogP contribution in [0.25, 0.3) is 11.6 Å². The summed E-state index contributed by atoms with van der Waals surface area (Å²) in [6.45, 7) is 7.32. The molecule has 2 aromatic rings. The van der Waals surface area contributed by atoms with Gasteiger partial charge in [-0.2, -0.15) is 4.98 Å². The Hall–Kier alpha value is -5.10. The Labute approximate surface area is 350 Å². The maximum Gasteiger partial charge on any atom is 0.313 e. The molecule has 3 rings (SSSR count). The molecule has 1 aliphatic rings. The van der Waals surface area contributed by atoms with Crippen molar-refractivity contribution in [1.29, 1.82) is 0 Å². The van der Waals surface area contributed by atoms with Gasteiger partial charge in [-0.3, -0.25) is 34.1 Å². The number of aliphatic hydroxyl groups is 1. The average Bonchev–Trinajstić information content (AvgIpc) is 3.92. The number of oxazole rings is 2. The molecule has 1 aliphatic heterocycles. The third kappa shape index (κ3) is 15.2. The lowest BCUT2D eigenvalue weighted by Crippen LogP contribution is -2.34. The summed E-state index contributed by atoms with van der Waals surface area (Å²) in [5.41, 5.74) is 0.361. The molecule has 0 aromatic carbocycles. The molecule has 0 saturated carbocycles. The number of aromatic nitrogens is 2. The minimum absolute atomic E-state index is 0.000200. The topological polar surface area (TPSA) is 227 Å². The highest BCUT2D eigenvalue weighted by atomic mass is 16.5. The van der Waals surface area contributed by atoms with Crippen LogP contribution in [-0.4, -0.2) is 109 Å². The van der Waals surface area contributed by atoms with Crippen LogP contribution in [0.1, 0.15) is 102 Å². The Kier molecular flexibility index (Phi) is 20.4. The average molecular weight is 841 g/mol. The van der Waals surface area contributed by atoms with Gasteiger partial charge >= 0.3 is 11.9 Å². The minimum atomic E-state index is -1.14. The van der Waals surface area contributed by atoms with Crippen LogP contribution in [0.2, 0.25) is 0 Å². The van der Waals surface area contributed by atoms with Crippen LogP contribution in [0.4, 0.5) is 0 Å². The second-order valence-electron chi connectivity index (χ2n) is 15.2. The molecule has 3 heterocycles. The number of methoxy groups -OCH3 is 3. The summed E-state index contributed by atoms with van der Waals surface area (Å²) in [6.07, 6.45) is 10.7. The number of allylic oxidation sites excluding steroid dienone is 2. The van der Waals surface area contributed by atoms with E-state index >= 15 is 0 Å². The number of carbonyl (C=O) groups is 6. The number of nitrogens with zero attached hydrogens (tertiary/aromatic N) is 3. The van der Waals surface area contributed by atoms with Gasteiger partial charge in [-0.1, -0.05) is 45.9 Å². The molecule has 330 valence electrons. The van der Waals surface area contributed by atoms with E-state index in [1.54, 1.807) is 46.5 Å². The number of hydrogen-bond donors (Lipinski definition) is 2. The SMILES string of the molecule is COC(CC1OC(=O)CC(O)C/C=C/C(=O)C(C)C(OC)c2coc(n2)-c2coc(n2)C(=O)NC(=O)/C=C/CCC1C)C(C)CCC(=O)C(C)C(C/C=C/N(C)C=O)OC. The van der Waals surface area contributed by atoms with Gasteiger partial charge in [0.2, 0.25) is 12.3 Å². The number of fused-ring (bicyclic) bond motifs is 5. The highest BCUT2D eigenvalue weighted by molar-refractivity contribution is 6.06. The Morgan fingerprint density at radius 1 is 1.02 bits per heavy atom. The van der Waals surface area contributed by atoms with Crippen molar-refractivity contribution in [3.05, 3.63) is 60.7 Å². The van der Waals surface area contributed by atoms with Crippen LogP contribution in [-0.2, 0) is 42.9 Å². The van der Waals surface area contributed by atoms with Gasteiger partial charge in [0.1, 0.15) is 36.2 Å². The quantitative estimate of drug-likeness (QED) is 0.135. The fraction of sp³-hybridized carbons (Fsp3) is 0.581. The molecule has 17 nitrogen and oxygen atoms in total. The van der Waals surface area contributed by atoms with Gasteiger partial charge < -0.3 is 37.8 Å². The van der Waals surface area contributed by atoms with Crippen molar-refractivity contribution in [2.75, 3.05) is 28.4 Å². The minimum Gasteiger partial charge on any atom is -0.462 e. The molecule has 4 bridgehead atoms. The molecule has 0 radical (unpaired) electrons. The van der Waals surface area contributed by atoms with Gasteiger partial charge in [0, 0.05) is 53.3 Å². The predicted octanol–water partition coefficient (Wildman–Crippen LogP) is 5.11. The molecule has 0 aliphatic carbocycles. The number of aliphatic hydroxyl groups excluding tert-OH is 1. The van der Waals surface area contributed by atoms with E-state index in [-0.39, 0.29) is 72.5 Å². The van der Waals surface area contributed by atoms with E-state index in [1.807, 2.05) is 20.8 Å². The number of amides is 3. The van der Waals surface area contributed by atoms with Crippen LogP contribution in [0.3, 0.4) is 0 Å². The summed E-state index contributed by atoms with van der Waals surface area (Å²) in [4.78, 5) is 85.7. The normalized spacial score (nSPS) is 24.6. The summed E-state index contributed by atoms with van der Waals surface area (Å²) in [6, 6.07) is 0. The first-order valence-corrected chi connectivity index (χ1v) is 20.1. The van der Waals surface area contributed by atoms with E-state index in [4.69, 9.17) is 27.8 Å². The zero-order valence-corrected chi connectivity index (χ0v) is 35.7. The highest BCUT2D eigenvalue weighted by Crippen LogP contribution is 2.30. The van der Waals surface area contributed by atoms with Gasteiger partial charge in [0.25, 0.3) is 11.8 Å². The first-order valence-electron chi connectivity index (χ1n) is 20.1. The summed E-state index contributed by atoms with van der Waals surface area (Å²) in [7, 11) is 6.13. The van der Waals surface area contributed by atoms with Crippen molar-refractivity contribution < 1.29 is 61.7 Å². The molecule has 0 spiro atoms. The van der Waals surface area contributed by atoms with E-state index in [0.717, 1.165) is 6.26 Å². The smallest absolute Gasteiger partial charge is 0.313 e. The Morgan fingerprint density at radius 2 is 1.73 bits per heavy atom. The molecular formula is C43H60N4O13. The van der Waals surface area contributed by atoms with E-state index in [1.165, 1.54) is 36.5 Å². The number of esters is 1. The number of ether oxygens (including phenoxy) is 4. The van der Waals surface area contributed by atoms with Crippen molar-refractivity contribution >= 4 is 35.8 Å². The van der Waals surface area contributed by atoms with Crippen LogP contribution in [0.15, 0.2) is 57.9 Å². The number of imide groups is 1. The van der Waals surface area contributed by atoms with Crippen LogP contribution in [0.5, 0.6) is 0 Å². The molecule has 0 saturated heterocycles. The van der Waals surface area contributed by atoms with Gasteiger partial charge in [-0.25, -0.2) is 4.98 Å². The lowest BCUT2D eigenvalue weighted by molar-refractivity contribution is -0.156. The van der Waals surface area contributed by atoms with E-state index in [0.29, 0.717) is 32.1 Å².